The molecule has 5 heteroatoms. The highest BCUT2D eigenvalue weighted by Crippen LogP contribution is 2.48. The van der Waals surface area contributed by atoms with Gasteiger partial charge >= 0.3 is 0 Å². The van der Waals surface area contributed by atoms with Crippen LogP contribution in [0.3, 0.4) is 0 Å². The van der Waals surface area contributed by atoms with Crippen LogP contribution in [0.5, 0.6) is 0 Å². The molecule has 1 aromatic heterocycles. The van der Waals surface area contributed by atoms with E-state index in [1.807, 2.05) is 6.26 Å². The first-order valence-electron chi connectivity index (χ1n) is 5.50. The summed E-state index contributed by atoms with van der Waals surface area (Å²) in [6.07, 6.45) is 5.83. The summed E-state index contributed by atoms with van der Waals surface area (Å²) in [5.41, 5.74) is 0.511. The van der Waals surface area contributed by atoms with E-state index in [-0.39, 0.29) is 0 Å². The molecule has 1 aliphatic rings. The Morgan fingerprint density at radius 1 is 1.50 bits per heavy atom. The van der Waals surface area contributed by atoms with Crippen molar-refractivity contribution in [2.45, 2.75) is 31.3 Å². The van der Waals surface area contributed by atoms with Crippen LogP contribution in [-0.2, 0) is 0 Å². The number of halogens is 1. The van der Waals surface area contributed by atoms with Gasteiger partial charge in [-0.2, -0.15) is 0 Å². The van der Waals surface area contributed by atoms with Crippen LogP contribution in [0.15, 0.2) is 11.2 Å². The number of nitrogens with zero attached hydrogens (tertiary/aromatic N) is 2. The first-order chi connectivity index (χ1) is 7.67. The van der Waals surface area contributed by atoms with Crippen molar-refractivity contribution in [1.29, 1.82) is 0 Å². The largest absolute Gasteiger partial charge is 0.369 e. The molecule has 0 saturated heterocycles. The molecule has 0 spiro atoms. The summed E-state index contributed by atoms with van der Waals surface area (Å²) in [7, 11) is 0. The van der Waals surface area contributed by atoms with Crippen molar-refractivity contribution in [2.24, 2.45) is 5.41 Å². The maximum Gasteiger partial charge on any atom is 0.190 e. The van der Waals surface area contributed by atoms with Crippen LogP contribution in [-0.4, -0.2) is 22.8 Å². The molecule has 0 atom stereocenters. The van der Waals surface area contributed by atoms with E-state index in [4.69, 9.17) is 11.6 Å². The van der Waals surface area contributed by atoms with Gasteiger partial charge in [-0.3, -0.25) is 0 Å². The zero-order valence-electron chi connectivity index (χ0n) is 9.59. The second-order valence-electron chi connectivity index (χ2n) is 4.27. The second-order valence-corrected chi connectivity index (χ2v) is 5.43. The third-order valence-electron chi connectivity index (χ3n) is 3.21. The van der Waals surface area contributed by atoms with Crippen LogP contribution < -0.4 is 5.32 Å². The van der Waals surface area contributed by atoms with Crippen LogP contribution >= 0.6 is 23.4 Å². The van der Waals surface area contributed by atoms with E-state index in [2.05, 4.69) is 22.2 Å². The van der Waals surface area contributed by atoms with Gasteiger partial charge in [-0.25, -0.2) is 9.97 Å². The lowest BCUT2D eigenvalue weighted by Crippen LogP contribution is -2.15. The van der Waals surface area contributed by atoms with Gasteiger partial charge in [0.25, 0.3) is 0 Å². The van der Waals surface area contributed by atoms with Crippen LogP contribution in [0.1, 0.15) is 26.2 Å². The van der Waals surface area contributed by atoms with Crippen molar-refractivity contribution in [3.05, 3.63) is 11.2 Å². The highest BCUT2D eigenvalue weighted by molar-refractivity contribution is 7.98. The molecule has 88 valence electrons. The lowest BCUT2D eigenvalue weighted by Gasteiger charge is -2.14. The molecule has 1 aromatic rings. The lowest BCUT2D eigenvalue weighted by atomic mass is 10.0. The minimum atomic E-state index is 0.503. The van der Waals surface area contributed by atoms with Gasteiger partial charge < -0.3 is 5.32 Å². The van der Waals surface area contributed by atoms with Crippen LogP contribution in [0.4, 0.5) is 5.82 Å². The maximum absolute atomic E-state index is 5.92. The molecule has 0 bridgehead atoms. The van der Waals surface area contributed by atoms with Gasteiger partial charge in [-0.15, -0.1) is 0 Å². The number of aromatic nitrogens is 2. The van der Waals surface area contributed by atoms with E-state index >= 15 is 0 Å². The molecule has 2 rings (SSSR count). The van der Waals surface area contributed by atoms with E-state index in [1.54, 1.807) is 6.07 Å². The molecule has 3 nitrogen and oxygen atoms in total. The number of thioether (sulfide) groups is 1. The predicted molar refractivity (Wildman–Crippen MR) is 69.3 cm³/mol. The lowest BCUT2D eigenvalue weighted by molar-refractivity contribution is 0.520. The molecule has 1 fully saturated rings. The third kappa shape index (κ3) is 2.80. The first kappa shape index (κ1) is 12.0. The molecule has 1 aliphatic carbocycles. The molecule has 0 aliphatic heterocycles. The van der Waals surface area contributed by atoms with Gasteiger partial charge in [0, 0.05) is 12.6 Å². The highest BCUT2D eigenvalue weighted by Gasteiger charge is 2.40. The summed E-state index contributed by atoms with van der Waals surface area (Å²) in [5.74, 6) is 0.837. The van der Waals surface area contributed by atoms with Crippen LogP contribution in [0, 0.1) is 5.41 Å². The Morgan fingerprint density at radius 3 is 2.81 bits per heavy atom. The number of nitrogens with one attached hydrogen (secondary N) is 1. The van der Waals surface area contributed by atoms with E-state index < -0.39 is 0 Å². The Morgan fingerprint density at radius 2 is 2.25 bits per heavy atom. The van der Waals surface area contributed by atoms with Gasteiger partial charge in [0.2, 0.25) is 0 Å². The standard InChI is InChI=1S/C11H16ClN3S/c1-3-11(4-5-11)7-13-9-6-8(12)14-10(15-9)16-2/h6H,3-5,7H2,1-2H3,(H,13,14,15). The van der Waals surface area contributed by atoms with Gasteiger partial charge in [0.15, 0.2) is 5.16 Å². The number of hydrogen-bond donors (Lipinski definition) is 1. The van der Waals surface area contributed by atoms with Gasteiger partial charge in [-0.1, -0.05) is 30.3 Å². The molecule has 0 unspecified atom stereocenters. The predicted octanol–water partition coefficient (Wildman–Crippen LogP) is 3.45. The topological polar surface area (TPSA) is 37.8 Å². The van der Waals surface area contributed by atoms with Crippen molar-refractivity contribution in [3.63, 3.8) is 0 Å². The molecule has 1 saturated carbocycles. The minimum Gasteiger partial charge on any atom is -0.369 e. The second kappa shape index (κ2) is 4.80. The summed E-state index contributed by atoms with van der Waals surface area (Å²) in [6, 6.07) is 1.78. The zero-order chi connectivity index (χ0) is 11.6. The molecule has 0 aromatic carbocycles. The quantitative estimate of drug-likeness (QED) is 0.498. The summed E-state index contributed by atoms with van der Waals surface area (Å²) < 4.78 is 0. The third-order valence-corrected chi connectivity index (χ3v) is 3.95. The van der Waals surface area contributed by atoms with E-state index in [9.17, 15) is 0 Å². The number of rotatable bonds is 5. The SMILES string of the molecule is CCC1(CNc2cc(Cl)nc(SC)n2)CC1. The Labute approximate surface area is 105 Å². The van der Waals surface area contributed by atoms with Crippen molar-refractivity contribution < 1.29 is 0 Å². The van der Waals surface area contributed by atoms with Gasteiger partial charge in [-0.05, 0) is 30.9 Å². The number of hydrogen-bond acceptors (Lipinski definition) is 4. The van der Waals surface area contributed by atoms with E-state index in [0.717, 1.165) is 17.5 Å². The normalized spacial score (nSPS) is 17.2. The Hall–Kier alpha value is -0.480. The highest BCUT2D eigenvalue weighted by atomic mass is 35.5. The molecule has 0 radical (unpaired) electrons. The molecule has 1 heterocycles. The summed E-state index contributed by atoms with van der Waals surface area (Å²) >= 11 is 7.43. The Bertz CT molecular complexity index is 379. The fraction of sp³-hybridized carbons (Fsp3) is 0.636. The smallest absolute Gasteiger partial charge is 0.190 e. The van der Waals surface area contributed by atoms with E-state index in [0.29, 0.717) is 10.6 Å². The van der Waals surface area contributed by atoms with Crippen molar-refractivity contribution >= 4 is 29.2 Å². The van der Waals surface area contributed by atoms with Crippen molar-refractivity contribution in [3.8, 4) is 0 Å². The van der Waals surface area contributed by atoms with Gasteiger partial charge in [0.1, 0.15) is 11.0 Å². The van der Waals surface area contributed by atoms with Crippen LogP contribution in [0.25, 0.3) is 0 Å². The fourth-order valence-corrected chi connectivity index (χ4v) is 2.30. The first-order valence-corrected chi connectivity index (χ1v) is 7.10. The van der Waals surface area contributed by atoms with Crippen molar-refractivity contribution in [2.75, 3.05) is 18.1 Å². The molecule has 16 heavy (non-hydrogen) atoms. The molecular formula is C11H16ClN3S. The number of anilines is 1. The monoisotopic (exact) mass is 257 g/mol. The molecule has 1 N–H and O–H groups in total. The average molecular weight is 258 g/mol. The summed E-state index contributed by atoms with van der Waals surface area (Å²) in [4.78, 5) is 8.48. The van der Waals surface area contributed by atoms with E-state index in [1.165, 1.54) is 31.0 Å². The average Bonchev–Trinajstić information content (AvgIpc) is 3.06. The summed E-state index contributed by atoms with van der Waals surface area (Å²) in [5, 5.41) is 4.59. The fourth-order valence-electron chi connectivity index (χ4n) is 1.69. The Balaban J connectivity index is 2.01. The molecule has 0 amide bonds. The summed E-state index contributed by atoms with van der Waals surface area (Å²) in [6.45, 7) is 3.24. The Kier molecular flexibility index (Phi) is 3.60. The minimum absolute atomic E-state index is 0.503. The van der Waals surface area contributed by atoms with Crippen molar-refractivity contribution in [1.82, 2.24) is 9.97 Å². The zero-order valence-corrected chi connectivity index (χ0v) is 11.2. The van der Waals surface area contributed by atoms with Gasteiger partial charge in [0.05, 0.1) is 0 Å². The molecular weight excluding hydrogens is 242 g/mol. The van der Waals surface area contributed by atoms with Crippen LogP contribution in [0.2, 0.25) is 5.15 Å². The maximum atomic E-state index is 5.92.